The Bertz CT molecular complexity index is 1460. The number of halogens is 1. The van der Waals surface area contributed by atoms with Gasteiger partial charge in [-0.15, -0.1) is 0 Å². The zero-order chi connectivity index (χ0) is 31.1. The molecule has 0 aliphatic heterocycles. The van der Waals surface area contributed by atoms with Crippen molar-refractivity contribution in [1.29, 1.82) is 0 Å². The van der Waals surface area contributed by atoms with Gasteiger partial charge in [0.1, 0.15) is 24.2 Å². The fourth-order valence-electron chi connectivity index (χ4n) is 4.30. The van der Waals surface area contributed by atoms with Gasteiger partial charge in [0.15, 0.2) is 0 Å². The number of benzene rings is 3. The Labute approximate surface area is 248 Å². The molecule has 11 heteroatoms. The summed E-state index contributed by atoms with van der Waals surface area (Å²) in [4.78, 5) is 29.4. The molecule has 3 aromatic carbocycles. The number of nitrogens with zero attached hydrogens (tertiary/aromatic N) is 3. The molecule has 0 saturated heterocycles. The summed E-state index contributed by atoms with van der Waals surface area (Å²) in [6.07, 6.45) is 0.190. The second kappa shape index (κ2) is 13.8. The first kappa shape index (κ1) is 32.6. The van der Waals surface area contributed by atoms with Crippen molar-refractivity contribution in [2.75, 3.05) is 32.1 Å². The standard InChI is InChI=1S/C31H39FN4O5S/c1-31(2,3)33-30(38)28(20-23-11-8-7-9-12-23)35(21-24-13-10-14-27(19-24)41-6)29(37)22-36(42(39,40)34(4)5)26-17-15-25(32)16-18-26/h7-19,28H,20-22H2,1-6H3,(H,33,38)/t28-/m0/s1. The van der Waals surface area contributed by atoms with Crippen molar-refractivity contribution < 1.29 is 27.1 Å². The van der Waals surface area contributed by atoms with Crippen LogP contribution in [0.4, 0.5) is 10.1 Å². The van der Waals surface area contributed by atoms with E-state index in [0.717, 1.165) is 26.3 Å². The van der Waals surface area contributed by atoms with E-state index in [0.29, 0.717) is 11.3 Å². The minimum Gasteiger partial charge on any atom is -0.497 e. The first-order chi connectivity index (χ1) is 19.7. The summed E-state index contributed by atoms with van der Waals surface area (Å²) < 4.78 is 47.8. The van der Waals surface area contributed by atoms with E-state index in [1.165, 1.54) is 38.2 Å². The van der Waals surface area contributed by atoms with Crippen LogP contribution in [0.25, 0.3) is 0 Å². The van der Waals surface area contributed by atoms with Crippen molar-refractivity contribution in [3.05, 3.63) is 95.8 Å². The highest BCUT2D eigenvalue weighted by molar-refractivity contribution is 7.90. The number of amides is 2. The highest BCUT2D eigenvalue weighted by Crippen LogP contribution is 2.23. The number of hydrogen-bond donors (Lipinski definition) is 1. The molecule has 3 rings (SSSR count). The number of hydrogen-bond acceptors (Lipinski definition) is 5. The van der Waals surface area contributed by atoms with E-state index in [-0.39, 0.29) is 24.6 Å². The van der Waals surface area contributed by atoms with Gasteiger partial charge in [-0.3, -0.25) is 9.59 Å². The van der Waals surface area contributed by atoms with E-state index in [4.69, 9.17) is 4.74 Å². The first-order valence-electron chi connectivity index (χ1n) is 13.5. The fourth-order valence-corrected chi connectivity index (χ4v) is 5.35. The van der Waals surface area contributed by atoms with Crippen LogP contribution in [0.3, 0.4) is 0 Å². The first-order valence-corrected chi connectivity index (χ1v) is 14.8. The number of carbonyl (C=O) groups excluding carboxylic acids is 2. The van der Waals surface area contributed by atoms with Crippen molar-refractivity contribution in [3.63, 3.8) is 0 Å². The van der Waals surface area contributed by atoms with Crippen molar-refractivity contribution in [3.8, 4) is 5.75 Å². The normalized spacial score (nSPS) is 12.5. The van der Waals surface area contributed by atoms with Gasteiger partial charge in [-0.05, 0) is 68.3 Å². The minimum atomic E-state index is -4.17. The maximum Gasteiger partial charge on any atom is 0.304 e. The molecule has 226 valence electrons. The van der Waals surface area contributed by atoms with Crippen LogP contribution in [0.15, 0.2) is 78.9 Å². The lowest BCUT2D eigenvalue weighted by Gasteiger charge is -2.35. The second-order valence-electron chi connectivity index (χ2n) is 11.1. The van der Waals surface area contributed by atoms with E-state index in [2.05, 4.69) is 5.32 Å². The second-order valence-corrected chi connectivity index (χ2v) is 13.2. The third-order valence-corrected chi connectivity index (χ3v) is 8.21. The summed E-state index contributed by atoms with van der Waals surface area (Å²) in [7, 11) is 0.0501. The predicted molar refractivity (Wildman–Crippen MR) is 162 cm³/mol. The fraction of sp³-hybridized carbons (Fsp3) is 0.355. The lowest BCUT2D eigenvalue weighted by Crippen LogP contribution is -2.56. The summed E-state index contributed by atoms with van der Waals surface area (Å²) in [6, 6.07) is 20.3. The summed E-state index contributed by atoms with van der Waals surface area (Å²) >= 11 is 0. The smallest absolute Gasteiger partial charge is 0.304 e. The van der Waals surface area contributed by atoms with Crippen molar-refractivity contribution in [2.24, 2.45) is 0 Å². The van der Waals surface area contributed by atoms with Gasteiger partial charge in [-0.25, -0.2) is 8.70 Å². The number of methoxy groups -OCH3 is 1. The van der Waals surface area contributed by atoms with Crippen molar-refractivity contribution in [2.45, 2.75) is 45.3 Å². The molecule has 0 aliphatic rings. The largest absolute Gasteiger partial charge is 0.497 e. The van der Waals surface area contributed by atoms with Crippen molar-refractivity contribution >= 4 is 27.7 Å². The van der Waals surface area contributed by atoms with Gasteiger partial charge in [0.2, 0.25) is 11.8 Å². The van der Waals surface area contributed by atoms with Gasteiger partial charge < -0.3 is 15.0 Å². The topological polar surface area (TPSA) is 99.3 Å². The van der Waals surface area contributed by atoms with Crippen LogP contribution in [0.2, 0.25) is 0 Å². The van der Waals surface area contributed by atoms with Crippen LogP contribution in [0.1, 0.15) is 31.9 Å². The Morgan fingerprint density at radius 1 is 0.929 bits per heavy atom. The summed E-state index contributed by atoms with van der Waals surface area (Å²) in [5.74, 6) is -0.973. The molecule has 1 N–H and O–H groups in total. The van der Waals surface area contributed by atoms with Gasteiger partial charge in [0, 0.05) is 32.6 Å². The monoisotopic (exact) mass is 598 g/mol. The highest BCUT2D eigenvalue weighted by Gasteiger charge is 2.35. The Hall–Kier alpha value is -3.96. The average Bonchev–Trinajstić information content (AvgIpc) is 2.93. The van der Waals surface area contributed by atoms with Gasteiger partial charge in [-0.1, -0.05) is 42.5 Å². The van der Waals surface area contributed by atoms with E-state index in [9.17, 15) is 22.4 Å². The van der Waals surface area contributed by atoms with Crippen molar-refractivity contribution in [1.82, 2.24) is 14.5 Å². The van der Waals surface area contributed by atoms with Crippen LogP contribution in [0, 0.1) is 5.82 Å². The Balaban J connectivity index is 2.12. The van der Waals surface area contributed by atoms with E-state index >= 15 is 0 Å². The quantitative estimate of drug-likeness (QED) is 0.340. The molecular weight excluding hydrogens is 559 g/mol. The third-order valence-electron chi connectivity index (χ3n) is 6.39. The molecule has 0 spiro atoms. The van der Waals surface area contributed by atoms with Gasteiger partial charge in [-0.2, -0.15) is 12.7 Å². The van der Waals surface area contributed by atoms with E-state index in [1.54, 1.807) is 24.3 Å². The van der Waals surface area contributed by atoms with Crippen LogP contribution in [-0.4, -0.2) is 68.8 Å². The van der Waals surface area contributed by atoms with Crippen LogP contribution in [-0.2, 0) is 32.8 Å². The summed E-state index contributed by atoms with van der Waals surface area (Å²) in [6.45, 7) is 4.92. The molecule has 0 saturated carbocycles. The SMILES string of the molecule is COc1cccc(CN(C(=O)CN(c2ccc(F)cc2)S(=O)(=O)N(C)C)[C@@H](Cc2ccccc2)C(=O)NC(C)(C)C)c1. The number of carbonyl (C=O) groups is 2. The number of ether oxygens (including phenoxy) is 1. The molecule has 0 aliphatic carbocycles. The number of rotatable bonds is 12. The zero-order valence-electron chi connectivity index (χ0n) is 24.9. The molecule has 9 nitrogen and oxygen atoms in total. The summed E-state index contributed by atoms with van der Waals surface area (Å²) in [5.41, 5.74) is 1.03. The third kappa shape index (κ3) is 8.77. The molecular formula is C31H39FN4O5S. The lowest BCUT2D eigenvalue weighted by molar-refractivity contribution is -0.140. The highest BCUT2D eigenvalue weighted by atomic mass is 32.2. The molecule has 42 heavy (non-hydrogen) atoms. The molecule has 0 fully saturated rings. The maximum absolute atomic E-state index is 14.2. The minimum absolute atomic E-state index is 0.00433. The van der Waals surface area contributed by atoms with Crippen LogP contribution < -0.4 is 14.4 Å². The van der Waals surface area contributed by atoms with E-state index < -0.39 is 40.1 Å². The number of anilines is 1. The van der Waals surface area contributed by atoms with Gasteiger partial charge in [0.25, 0.3) is 0 Å². The molecule has 0 heterocycles. The predicted octanol–water partition coefficient (Wildman–Crippen LogP) is 4.00. The molecule has 2 amide bonds. The van der Waals surface area contributed by atoms with Crippen LogP contribution in [0.5, 0.6) is 5.75 Å². The van der Waals surface area contributed by atoms with E-state index in [1.807, 2.05) is 51.1 Å². The Kier molecular flexibility index (Phi) is 10.7. The zero-order valence-corrected chi connectivity index (χ0v) is 25.7. The lowest BCUT2D eigenvalue weighted by atomic mass is 10.0. The Morgan fingerprint density at radius 2 is 1.55 bits per heavy atom. The Morgan fingerprint density at radius 3 is 2.12 bits per heavy atom. The molecule has 0 aromatic heterocycles. The van der Waals surface area contributed by atoms with Gasteiger partial charge in [0.05, 0.1) is 12.8 Å². The molecule has 0 radical (unpaired) electrons. The average molecular weight is 599 g/mol. The van der Waals surface area contributed by atoms with Crippen LogP contribution >= 0.6 is 0 Å². The number of nitrogens with one attached hydrogen (secondary N) is 1. The maximum atomic E-state index is 14.2. The summed E-state index contributed by atoms with van der Waals surface area (Å²) in [5, 5.41) is 2.98. The molecule has 1 atom stereocenters. The molecule has 3 aromatic rings. The molecule has 0 unspecified atom stereocenters. The molecule has 0 bridgehead atoms. The van der Waals surface area contributed by atoms with Gasteiger partial charge >= 0.3 is 10.2 Å².